The molecule has 0 bridgehead atoms. The fourth-order valence-electron chi connectivity index (χ4n) is 2.97. The fraction of sp³-hybridized carbons (Fsp3) is 0.333. The van der Waals surface area contributed by atoms with Crippen LogP contribution in [0.5, 0.6) is 0 Å². The molecule has 1 unspecified atom stereocenters. The van der Waals surface area contributed by atoms with Crippen LogP contribution in [0.4, 0.5) is 5.69 Å². The average molecular weight is 363 g/mol. The molecular weight excluding hydrogens is 344 g/mol. The van der Waals surface area contributed by atoms with E-state index in [4.69, 9.17) is 20.8 Å². The third kappa shape index (κ3) is 3.09. The molecule has 1 aromatic heterocycles. The van der Waals surface area contributed by atoms with Crippen molar-refractivity contribution in [3.05, 3.63) is 51.9 Å². The van der Waals surface area contributed by atoms with Crippen molar-refractivity contribution in [1.29, 1.82) is 0 Å². The summed E-state index contributed by atoms with van der Waals surface area (Å²) in [6, 6.07) is 6.72. The van der Waals surface area contributed by atoms with Crippen molar-refractivity contribution >= 4 is 29.2 Å². The standard InChI is InChI=1S/C18H19ClN2O4/c1-4-7-21-16(15-9-13(10(2)25-15)18(23)24-3)20-14-8-11(19)5-6-12(14)17(21)22/h5-6,8-9,16,20H,4,7H2,1-3H3. The number of aryl methyl sites for hydroxylation is 1. The van der Waals surface area contributed by atoms with Gasteiger partial charge in [0.15, 0.2) is 6.17 Å². The first-order valence-corrected chi connectivity index (χ1v) is 8.39. The summed E-state index contributed by atoms with van der Waals surface area (Å²) in [7, 11) is 1.32. The normalized spacial score (nSPS) is 16.4. The molecule has 0 spiro atoms. The molecule has 1 amide bonds. The molecule has 1 aliphatic rings. The van der Waals surface area contributed by atoms with Gasteiger partial charge in [0.05, 0.1) is 18.4 Å². The Kier molecular flexibility index (Phi) is 4.72. The number of nitrogens with one attached hydrogen (secondary N) is 1. The molecule has 25 heavy (non-hydrogen) atoms. The number of anilines is 1. The number of carbonyl (C=O) groups is 2. The molecule has 0 saturated heterocycles. The van der Waals surface area contributed by atoms with Crippen molar-refractivity contribution in [2.24, 2.45) is 0 Å². The van der Waals surface area contributed by atoms with E-state index in [1.807, 2.05) is 6.92 Å². The second-order valence-corrected chi connectivity index (χ2v) is 6.28. The van der Waals surface area contributed by atoms with Gasteiger partial charge >= 0.3 is 5.97 Å². The van der Waals surface area contributed by atoms with Crippen LogP contribution >= 0.6 is 11.6 Å². The molecule has 2 heterocycles. The Balaban J connectivity index is 2.04. The lowest BCUT2D eigenvalue weighted by atomic mass is 10.1. The van der Waals surface area contributed by atoms with Gasteiger partial charge in [-0.05, 0) is 37.6 Å². The summed E-state index contributed by atoms with van der Waals surface area (Å²) in [6.07, 6.45) is 0.270. The van der Waals surface area contributed by atoms with Gasteiger partial charge in [-0.2, -0.15) is 0 Å². The number of fused-ring (bicyclic) bond motifs is 1. The maximum Gasteiger partial charge on any atom is 0.341 e. The highest BCUT2D eigenvalue weighted by molar-refractivity contribution is 6.31. The van der Waals surface area contributed by atoms with Crippen molar-refractivity contribution in [2.75, 3.05) is 19.0 Å². The molecule has 3 rings (SSSR count). The zero-order valence-electron chi connectivity index (χ0n) is 14.3. The SMILES string of the molecule is CCCN1C(=O)c2ccc(Cl)cc2NC1c1cc(C(=O)OC)c(C)o1. The Hall–Kier alpha value is -2.47. The van der Waals surface area contributed by atoms with Crippen molar-refractivity contribution < 1.29 is 18.7 Å². The number of esters is 1. The highest BCUT2D eigenvalue weighted by atomic mass is 35.5. The molecule has 7 heteroatoms. The van der Waals surface area contributed by atoms with Crippen LogP contribution in [-0.4, -0.2) is 30.4 Å². The minimum Gasteiger partial charge on any atom is -0.465 e. The van der Waals surface area contributed by atoms with Crippen molar-refractivity contribution in [1.82, 2.24) is 4.90 Å². The van der Waals surface area contributed by atoms with Gasteiger partial charge in [0.25, 0.3) is 5.91 Å². The minimum absolute atomic E-state index is 0.106. The molecule has 2 aromatic rings. The van der Waals surface area contributed by atoms with Gasteiger partial charge in [-0.25, -0.2) is 4.79 Å². The average Bonchev–Trinajstić information content (AvgIpc) is 2.98. The van der Waals surface area contributed by atoms with E-state index in [2.05, 4.69) is 5.32 Å². The topological polar surface area (TPSA) is 71.8 Å². The highest BCUT2D eigenvalue weighted by Gasteiger charge is 2.35. The number of carbonyl (C=O) groups excluding carboxylic acids is 2. The van der Waals surface area contributed by atoms with Crippen LogP contribution in [0.1, 0.15) is 51.7 Å². The first-order valence-electron chi connectivity index (χ1n) is 8.02. The first kappa shape index (κ1) is 17.4. The van der Waals surface area contributed by atoms with Crippen molar-refractivity contribution in [3.63, 3.8) is 0 Å². The van der Waals surface area contributed by atoms with Gasteiger partial charge in [0.2, 0.25) is 0 Å². The Morgan fingerprint density at radius 2 is 2.16 bits per heavy atom. The molecule has 1 aromatic carbocycles. The fourth-order valence-corrected chi connectivity index (χ4v) is 3.14. The quantitative estimate of drug-likeness (QED) is 0.832. The molecular formula is C18H19ClN2O4. The summed E-state index contributed by atoms with van der Waals surface area (Å²) in [5.74, 6) is 0.348. The highest BCUT2D eigenvalue weighted by Crippen LogP contribution is 2.36. The van der Waals surface area contributed by atoms with E-state index in [1.54, 1.807) is 36.1 Å². The minimum atomic E-state index is -0.518. The summed E-state index contributed by atoms with van der Waals surface area (Å²) in [5, 5.41) is 3.83. The predicted molar refractivity (Wildman–Crippen MR) is 93.9 cm³/mol. The van der Waals surface area contributed by atoms with Crippen LogP contribution in [0, 0.1) is 6.92 Å². The zero-order valence-corrected chi connectivity index (χ0v) is 15.0. The molecule has 1 aliphatic heterocycles. The van der Waals surface area contributed by atoms with E-state index < -0.39 is 12.1 Å². The number of rotatable bonds is 4. The lowest BCUT2D eigenvalue weighted by Crippen LogP contribution is -2.43. The van der Waals surface area contributed by atoms with Crippen LogP contribution in [-0.2, 0) is 4.74 Å². The second kappa shape index (κ2) is 6.80. The first-order chi connectivity index (χ1) is 12.0. The van der Waals surface area contributed by atoms with E-state index in [0.29, 0.717) is 39.9 Å². The molecule has 6 nitrogen and oxygen atoms in total. The number of ether oxygens (including phenoxy) is 1. The van der Waals surface area contributed by atoms with Crippen LogP contribution in [0.2, 0.25) is 5.02 Å². The van der Waals surface area contributed by atoms with E-state index in [9.17, 15) is 9.59 Å². The third-order valence-electron chi connectivity index (χ3n) is 4.15. The lowest BCUT2D eigenvalue weighted by molar-refractivity contribution is 0.0597. The van der Waals surface area contributed by atoms with Gasteiger partial charge in [-0.3, -0.25) is 4.79 Å². The molecule has 0 aliphatic carbocycles. The Labute approximate surface area is 150 Å². The van der Waals surface area contributed by atoms with E-state index in [0.717, 1.165) is 6.42 Å². The molecule has 132 valence electrons. The van der Waals surface area contributed by atoms with E-state index >= 15 is 0 Å². The molecule has 0 fully saturated rings. The van der Waals surface area contributed by atoms with Crippen LogP contribution in [0.15, 0.2) is 28.7 Å². The molecule has 1 N–H and O–H groups in total. The Morgan fingerprint density at radius 3 is 2.84 bits per heavy atom. The second-order valence-electron chi connectivity index (χ2n) is 5.85. The summed E-state index contributed by atoms with van der Waals surface area (Å²) >= 11 is 6.06. The lowest BCUT2D eigenvalue weighted by Gasteiger charge is -2.36. The maximum atomic E-state index is 12.9. The number of benzene rings is 1. The number of furan rings is 1. The van der Waals surface area contributed by atoms with E-state index in [-0.39, 0.29) is 5.91 Å². The molecule has 0 saturated carbocycles. The number of methoxy groups -OCH3 is 1. The van der Waals surface area contributed by atoms with Crippen molar-refractivity contribution in [2.45, 2.75) is 26.4 Å². The van der Waals surface area contributed by atoms with Crippen molar-refractivity contribution in [3.8, 4) is 0 Å². The summed E-state index contributed by atoms with van der Waals surface area (Å²) in [5.41, 5.74) is 1.55. The van der Waals surface area contributed by atoms with Gasteiger partial charge in [0, 0.05) is 11.6 Å². The predicted octanol–water partition coefficient (Wildman–Crippen LogP) is 4.00. The number of hydrogen-bond donors (Lipinski definition) is 1. The maximum absolute atomic E-state index is 12.9. The Bertz CT molecular complexity index is 830. The number of nitrogens with zero attached hydrogens (tertiary/aromatic N) is 1. The molecule has 1 atom stereocenters. The van der Waals surface area contributed by atoms with Crippen LogP contribution in [0.3, 0.4) is 0 Å². The smallest absolute Gasteiger partial charge is 0.341 e. The number of halogens is 1. The summed E-state index contributed by atoms with van der Waals surface area (Å²) in [6.45, 7) is 4.23. The van der Waals surface area contributed by atoms with Gasteiger partial charge in [0.1, 0.15) is 17.1 Å². The van der Waals surface area contributed by atoms with Gasteiger partial charge < -0.3 is 19.4 Å². The van der Waals surface area contributed by atoms with Gasteiger partial charge in [-0.15, -0.1) is 0 Å². The largest absolute Gasteiger partial charge is 0.465 e. The van der Waals surface area contributed by atoms with E-state index in [1.165, 1.54) is 7.11 Å². The number of hydrogen-bond acceptors (Lipinski definition) is 5. The van der Waals surface area contributed by atoms with Crippen LogP contribution < -0.4 is 5.32 Å². The third-order valence-corrected chi connectivity index (χ3v) is 4.39. The van der Waals surface area contributed by atoms with Crippen LogP contribution in [0.25, 0.3) is 0 Å². The summed E-state index contributed by atoms with van der Waals surface area (Å²) in [4.78, 5) is 26.4. The summed E-state index contributed by atoms with van der Waals surface area (Å²) < 4.78 is 10.5. The number of amides is 1. The monoisotopic (exact) mass is 362 g/mol. The zero-order chi connectivity index (χ0) is 18.1. The Morgan fingerprint density at radius 1 is 1.40 bits per heavy atom. The van der Waals surface area contributed by atoms with Gasteiger partial charge in [-0.1, -0.05) is 18.5 Å². The molecule has 0 radical (unpaired) electrons.